The van der Waals surface area contributed by atoms with E-state index in [4.69, 9.17) is 9.47 Å². The SMILES string of the molecule is C=CC[C@H](COCc1ccccc1)OC(=O)C=C. The molecule has 1 atom stereocenters. The highest BCUT2D eigenvalue weighted by molar-refractivity contribution is 5.81. The number of hydrogen-bond donors (Lipinski definition) is 0. The van der Waals surface area contributed by atoms with Crippen molar-refractivity contribution in [2.45, 2.75) is 19.1 Å². The van der Waals surface area contributed by atoms with Crippen molar-refractivity contribution in [3.8, 4) is 0 Å². The molecule has 1 rings (SSSR count). The van der Waals surface area contributed by atoms with Crippen molar-refractivity contribution in [3.63, 3.8) is 0 Å². The van der Waals surface area contributed by atoms with Crippen molar-refractivity contribution in [3.05, 3.63) is 61.2 Å². The second-order valence-corrected chi connectivity index (χ2v) is 3.79. The van der Waals surface area contributed by atoms with E-state index in [0.29, 0.717) is 19.6 Å². The maximum absolute atomic E-state index is 11.1. The lowest BCUT2D eigenvalue weighted by Crippen LogP contribution is -2.22. The smallest absolute Gasteiger partial charge is 0.330 e. The largest absolute Gasteiger partial charge is 0.456 e. The maximum Gasteiger partial charge on any atom is 0.330 e. The topological polar surface area (TPSA) is 35.5 Å². The second kappa shape index (κ2) is 8.25. The normalized spacial score (nSPS) is 11.6. The zero-order valence-electron chi connectivity index (χ0n) is 10.4. The van der Waals surface area contributed by atoms with Crippen LogP contribution in [0.2, 0.25) is 0 Å². The first-order valence-electron chi connectivity index (χ1n) is 5.82. The molecule has 0 aliphatic carbocycles. The van der Waals surface area contributed by atoms with E-state index in [1.165, 1.54) is 0 Å². The lowest BCUT2D eigenvalue weighted by atomic mass is 10.2. The molecule has 0 heterocycles. The van der Waals surface area contributed by atoms with Gasteiger partial charge in [-0.05, 0) is 5.56 Å². The van der Waals surface area contributed by atoms with E-state index >= 15 is 0 Å². The molecule has 0 amide bonds. The summed E-state index contributed by atoms with van der Waals surface area (Å²) in [6, 6.07) is 9.84. The molecule has 3 heteroatoms. The molecule has 0 bridgehead atoms. The molecule has 18 heavy (non-hydrogen) atoms. The van der Waals surface area contributed by atoms with Gasteiger partial charge < -0.3 is 9.47 Å². The number of esters is 1. The monoisotopic (exact) mass is 246 g/mol. The Bertz CT molecular complexity index is 384. The van der Waals surface area contributed by atoms with Gasteiger partial charge in [0.1, 0.15) is 6.10 Å². The summed E-state index contributed by atoms with van der Waals surface area (Å²) in [5.74, 6) is -0.440. The van der Waals surface area contributed by atoms with Crippen molar-refractivity contribution in [2.75, 3.05) is 6.61 Å². The van der Waals surface area contributed by atoms with Crippen LogP contribution in [0.5, 0.6) is 0 Å². The molecule has 0 aliphatic heterocycles. The zero-order valence-corrected chi connectivity index (χ0v) is 10.4. The first-order valence-corrected chi connectivity index (χ1v) is 5.82. The molecule has 3 nitrogen and oxygen atoms in total. The number of rotatable bonds is 8. The third-order valence-corrected chi connectivity index (χ3v) is 2.29. The summed E-state index contributed by atoms with van der Waals surface area (Å²) >= 11 is 0. The highest BCUT2D eigenvalue weighted by atomic mass is 16.6. The molecule has 0 saturated carbocycles. The minimum absolute atomic E-state index is 0.309. The number of carbonyl (C=O) groups excluding carboxylic acids is 1. The van der Waals surface area contributed by atoms with Gasteiger partial charge >= 0.3 is 5.97 Å². The molecule has 1 aromatic carbocycles. The Kier molecular flexibility index (Phi) is 6.51. The molecule has 0 N–H and O–H groups in total. The van der Waals surface area contributed by atoms with E-state index in [1.807, 2.05) is 30.3 Å². The van der Waals surface area contributed by atoms with Crippen molar-refractivity contribution in [2.24, 2.45) is 0 Å². The maximum atomic E-state index is 11.1. The summed E-state index contributed by atoms with van der Waals surface area (Å²) in [6.07, 6.45) is 3.10. The molecule has 0 fully saturated rings. The third-order valence-electron chi connectivity index (χ3n) is 2.29. The van der Waals surface area contributed by atoms with Crippen LogP contribution in [0.1, 0.15) is 12.0 Å². The van der Waals surface area contributed by atoms with Gasteiger partial charge in [-0.2, -0.15) is 0 Å². The van der Waals surface area contributed by atoms with Crippen LogP contribution in [0.15, 0.2) is 55.6 Å². The van der Waals surface area contributed by atoms with E-state index < -0.39 is 5.97 Å². The van der Waals surface area contributed by atoms with Gasteiger partial charge in [0.25, 0.3) is 0 Å². The van der Waals surface area contributed by atoms with Crippen LogP contribution >= 0.6 is 0 Å². The van der Waals surface area contributed by atoms with Crippen molar-refractivity contribution in [1.29, 1.82) is 0 Å². The Balaban J connectivity index is 2.35. The summed E-state index contributed by atoms with van der Waals surface area (Å²) < 4.78 is 10.6. The van der Waals surface area contributed by atoms with E-state index in [9.17, 15) is 4.79 Å². The number of ether oxygens (including phenoxy) is 2. The van der Waals surface area contributed by atoms with Crippen LogP contribution in [0.3, 0.4) is 0 Å². The van der Waals surface area contributed by atoms with Crippen LogP contribution in [0.4, 0.5) is 0 Å². The minimum Gasteiger partial charge on any atom is -0.456 e. The third kappa shape index (κ3) is 5.46. The fourth-order valence-electron chi connectivity index (χ4n) is 1.43. The van der Waals surface area contributed by atoms with Gasteiger partial charge in [-0.15, -0.1) is 6.58 Å². The summed E-state index contributed by atoms with van der Waals surface area (Å²) in [5.41, 5.74) is 1.09. The van der Waals surface area contributed by atoms with Crippen LogP contribution in [0, 0.1) is 0 Å². The van der Waals surface area contributed by atoms with E-state index in [2.05, 4.69) is 13.2 Å². The Morgan fingerprint density at radius 1 is 1.28 bits per heavy atom. The fourth-order valence-corrected chi connectivity index (χ4v) is 1.43. The van der Waals surface area contributed by atoms with Crippen molar-refractivity contribution >= 4 is 5.97 Å². The molecule has 1 aromatic rings. The molecule has 96 valence electrons. The van der Waals surface area contributed by atoms with E-state index in [0.717, 1.165) is 11.6 Å². The lowest BCUT2D eigenvalue weighted by Gasteiger charge is -2.15. The predicted molar refractivity (Wildman–Crippen MR) is 71.0 cm³/mol. The molecule has 0 radical (unpaired) electrons. The first-order chi connectivity index (χ1) is 8.76. The molecular weight excluding hydrogens is 228 g/mol. The van der Waals surface area contributed by atoms with Gasteiger partial charge in [0, 0.05) is 12.5 Å². The quantitative estimate of drug-likeness (QED) is 0.402. The number of benzene rings is 1. The van der Waals surface area contributed by atoms with E-state index in [1.54, 1.807) is 6.08 Å². The van der Waals surface area contributed by atoms with Gasteiger partial charge in [0.15, 0.2) is 0 Å². The highest BCUT2D eigenvalue weighted by Gasteiger charge is 2.11. The molecule has 0 aromatic heterocycles. The average molecular weight is 246 g/mol. The summed E-state index contributed by atoms with van der Waals surface area (Å²) in [7, 11) is 0. The molecule has 0 aliphatic rings. The van der Waals surface area contributed by atoms with Gasteiger partial charge in [0.05, 0.1) is 13.2 Å². The molecule has 0 saturated heterocycles. The van der Waals surface area contributed by atoms with Gasteiger partial charge in [-0.3, -0.25) is 0 Å². The Labute approximate surface area is 108 Å². The fraction of sp³-hybridized carbons (Fsp3) is 0.267. The summed E-state index contributed by atoms with van der Waals surface area (Å²) in [5, 5.41) is 0. The second-order valence-electron chi connectivity index (χ2n) is 3.79. The van der Waals surface area contributed by atoms with E-state index in [-0.39, 0.29) is 6.10 Å². The number of hydrogen-bond acceptors (Lipinski definition) is 3. The zero-order chi connectivity index (χ0) is 13.2. The van der Waals surface area contributed by atoms with Crippen molar-refractivity contribution < 1.29 is 14.3 Å². The first kappa shape index (κ1) is 14.2. The summed E-state index contributed by atoms with van der Waals surface area (Å²) in [6.45, 7) is 7.84. The minimum atomic E-state index is -0.440. The number of carbonyl (C=O) groups is 1. The predicted octanol–water partition coefficient (Wildman–Crippen LogP) is 2.88. The summed E-state index contributed by atoms with van der Waals surface area (Å²) in [4.78, 5) is 11.1. The Hall–Kier alpha value is -1.87. The van der Waals surface area contributed by atoms with Gasteiger partial charge in [-0.25, -0.2) is 4.79 Å². The van der Waals surface area contributed by atoms with Gasteiger partial charge in [0.2, 0.25) is 0 Å². The van der Waals surface area contributed by atoms with Crippen LogP contribution in [0.25, 0.3) is 0 Å². The lowest BCUT2D eigenvalue weighted by molar-refractivity contribution is -0.146. The van der Waals surface area contributed by atoms with Crippen molar-refractivity contribution in [1.82, 2.24) is 0 Å². The Morgan fingerprint density at radius 2 is 2.00 bits per heavy atom. The average Bonchev–Trinajstić information content (AvgIpc) is 2.40. The van der Waals surface area contributed by atoms with Crippen LogP contribution in [-0.2, 0) is 20.9 Å². The van der Waals surface area contributed by atoms with Gasteiger partial charge in [-0.1, -0.05) is 43.0 Å². The molecule has 0 unspecified atom stereocenters. The van der Waals surface area contributed by atoms with Crippen LogP contribution in [-0.4, -0.2) is 18.7 Å². The van der Waals surface area contributed by atoms with Crippen LogP contribution < -0.4 is 0 Å². The molecule has 0 spiro atoms. The standard InChI is InChI=1S/C15H18O3/c1-3-8-14(18-15(16)4-2)12-17-11-13-9-6-5-7-10-13/h3-7,9-10,14H,1-2,8,11-12H2/t14-/m1/s1. The Morgan fingerprint density at radius 3 is 2.61 bits per heavy atom. The molecular formula is C15H18O3. The highest BCUT2D eigenvalue weighted by Crippen LogP contribution is 2.05.